The van der Waals surface area contributed by atoms with Gasteiger partial charge in [0.2, 0.25) is 0 Å². The topological polar surface area (TPSA) is 128 Å². The number of rotatable bonds is 10. The number of nitrogens with zero attached hydrogens (tertiary/aromatic N) is 3. The minimum absolute atomic E-state index is 0.0411. The van der Waals surface area contributed by atoms with Crippen molar-refractivity contribution in [1.29, 1.82) is 0 Å². The average Bonchev–Trinajstić information content (AvgIpc) is 3.19. The molecule has 0 aliphatic heterocycles. The molecule has 4 aromatic rings. The first-order chi connectivity index (χ1) is 18.9. The number of non-ortho nitro benzene ring substituents is 1. The number of nitro groups is 1. The largest absolute Gasteiger partial charge is 0.450 e. The predicted octanol–water partition coefficient (Wildman–Crippen LogP) is 4.71. The lowest BCUT2D eigenvalue weighted by molar-refractivity contribution is -0.384. The van der Waals surface area contributed by atoms with Gasteiger partial charge in [0.15, 0.2) is 0 Å². The number of hydrogen-bond acceptors (Lipinski definition) is 6. The molecule has 10 nitrogen and oxygen atoms in total. The zero-order valence-electron chi connectivity index (χ0n) is 21.7. The molecule has 0 saturated heterocycles. The molecule has 1 atom stereocenters. The van der Waals surface area contributed by atoms with E-state index in [0.29, 0.717) is 6.54 Å². The van der Waals surface area contributed by atoms with E-state index in [-0.39, 0.29) is 18.7 Å². The van der Waals surface area contributed by atoms with E-state index in [1.807, 2.05) is 61.5 Å². The van der Waals surface area contributed by atoms with Crippen LogP contribution in [0.5, 0.6) is 0 Å². The van der Waals surface area contributed by atoms with Gasteiger partial charge in [0, 0.05) is 47.3 Å². The van der Waals surface area contributed by atoms with E-state index in [0.717, 1.165) is 33.3 Å². The summed E-state index contributed by atoms with van der Waals surface area (Å²) in [7, 11) is 0. The molecule has 2 N–H and O–H groups in total. The monoisotopic (exact) mass is 527 g/mol. The number of para-hydroxylation sites is 1. The maximum absolute atomic E-state index is 13.0. The van der Waals surface area contributed by atoms with Gasteiger partial charge in [-0.25, -0.2) is 10.2 Å². The van der Waals surface area contributed by atoms with Crippen LogP contribution in [-0.4, -0.2) is 40.4 Å². The Bertz CT molecular complexity index is 1500. The number of alkyl carbamates (subject to hydrolysis) is 1. The molecule has 39 heavy (non-hydrogen) atoms. The summed E-state index contributed by atoms with van der Waals surface area (Å²) >= 11 is 0. The number of nitro benzene ring substituents is 1. The van der Waals surface area contributed by atoms with Crippen molar-refractivity contribution in [1.82, 2.24) is 15.3 Å². The zero-order chi connectivity index (χ0) is 27.8. The van der Waals surface area contributed by atoms with Crippen LogP contribution in [0.3, 0.4) is 0 Å². The van der Waals surface area contributed by atoms with Gasteiger partial charge in [0.25, 0.3) is 11.6 Å². The molecular formula is C29H29N5O5. The molecule has 4 rings (SSSR count). The highest BCUT2D eigenvalue weighted by Gasteiger charge is 2.22. The molecule has 0 spiro atoms. The molecule has 10 heteroatoms. The lowest BCUT2D eigenvalue weighted by Crippen LogP contribution is -2.47. The van der Waals surface area contributed by atoms with Gasteiger partial charge in [0.1, 0.15) is 6.04 Å². The highest BCUT2D eigenvalue weighted by Crippen LogP contribution is 2.26. The fourth-order valence-corrected chi connectivity index (χ4v) is 4.34. The number of hydrogen-bond donors (Lipinski definition) is 2. The molecule has 0 aliphatic carbocycles. The summed E-state index contributed by atoms with van der Waals surface area (Å²) in [5.41, 5.74) is 7.09. The Morgan fingerprint density at radius 3 is 2.41 bits per heavy atom. The van der Waals surface area contributed by atoms with Gasteiger partial charge in [-0.05, 0) is 31.0 Å². The van der Waals surface area contributed by atoms with Gasteiger partial charge in [0.05, 0.1) is 17.7 Å². The highest BCUT2D eigenvalue weighted by atomic mass is 16.6. The van der Waals surface area contributed by atoms with Crippen LogP contribution < -0.4 is 10.7 Å². The Kier molecular flexibility index (Phi) is 8.67. The molecule has 3 aromatic carbocycles. The Morgan fingerprint density at radius 1 is 1.03 bits per heavy atom. The molecule has 0 radical (unpaired) electrons. The number of fused-ring (bicyclic) bond motifs is 1. The summed E-state index contributed by atoms with van der Waals surface area (Å²) in [5, 5.41) is 18.8. The van der Waals surface area contributed by atoms with Gasteiger partial charge in [-0.2, -0.15) is 5.10 Å². The van der Waals surface area contributed by atoms with E-state index in [9.17, 15) is 19.7 Å². The minimum Gasteiger partial charge on any atom is -0.450 e. The third-order valence-corrected chi connectivity index (χ3v) is 6.30. The second kappa shape index (κ2) is 12.5. The number of carbonyl (C=O) groups excluding carboxylic acids is 2. The number of aromatic nitrogens is 1. The summed E-state index contributed by atoms with van der Waals surface area (Å²) < 4.78 is 7.06. The Labute approximate surface area is 225 Å². The predicted molar refractivity (Wildman–Crippen MR) is 149 cm³/mol. The third kappa shape index (κ3) is 6.67. The van der Waals surface area contributed by atoms with Gasteiger partial charge in [-0.3, -0.25) is 14.9 Å². The van der Waals surface area contributed by atoms with E-state index in [1.54, 1.807) is 25.3 Å². The van der Waals surface area contributed by atoms with Crippen molar-refractivity contribution in [2.45, 2.75) is 32.9 Å². The molecule has 2 amide bonds. The van der Waals surface area contributed by atoms with E-state index >= 15 is 0 Å². The molecular weight excluding hydrogens is 498 g/mol. The van der Waals surface area contributed by atoms with Crippen molar-refractivity contribution in [2.24, 2.45) is 5.10 Å². The van der Waals surface area contributed by atoms with Crippen molar-refractivity contribution in [3.8, 4) is 0 Å². The third-order valence-electron chi connectivity index (χ3n) is 6.30. The van der Waals surface area contributed by atoms with E-state index in [4.69, 9.17) is 4.74 Å². The van der Waals surface area contributed by atoms with Crippen LogP contribution >= 0.6 is 0 Å². The van der Waals surface area contributed by atoms with E-state index < -0.39 is 23.0 Å². The smallest absolute Gasteiger partial charge is 0.407 e. The minimum atomic E-state index is -0.881. The highest BCUT2D eigenvalue weighted by molar-refractivity contribution is 6.01. The molecule has 1 aromatic heterocycles. The second-order valence-electron chi connectivity index (χ2n) is 8.87. The summed E-state index contributed by atoms with van der Waals surface area (Å²) in [4.78, 5) is 35.6. The Hall–Kier alpha value is -4.99. The molecule has 0 bridgehead atoms. The van der Waals surface area contributed by atoms with Crippen molar-refractivity contribution in [2.75, 3.05) is 6.61 Å². The number of hydrazone groups is 1. The quantitative estimate of drug-likeness (QED) is 0.175. The lowest BCUT2D eigenvalue weighted by atomic mass is 10.1. The van der Waals surface area contributed by atoms with E-state index in [1.165, 1.54) is 12.1 Å². The van der Waals surface area contributed by atoms with Crippen LogP contribution in [0.2, 0.25) is 0 Å². The van der Waals surface area contributed by atoms with Gasteiger partial charge in [-0.1, -0.05) is 60.7 Å². The van der Waals surface area contributed by atoms with Gasteiger partial charge < -0.3 is 14.6 Å². The average molecular weight is 528 g/mol. The molecule has 1 heterocycles. The Balaban J connectivity index is 1.54. The van der Waals surface area contributed by atoms with Gasteiger partial charge >= 0.3 is 6.09 Å². The fourth-order valence-electron chi connectivity index (χ4n) is 4.34. The summed E-state index contributed by atoms with van der Waals surface area (Å²) in [5.74, 6) is -0.476. The molecule has 0 fully saturated rings. The van der Waals surface area contributed by atoms with Crippen LogP contribution in [0.1, 0.15) is 29.3 Å². The number of benzene rings is 3. The molecule has 0 unspecified atom stereocenters. The van der Waals surface area contributed by atoms with Crippen LogP contribution in [0.4, 0.5) is 10.5 Å². The van der Waals surface area contributed by atoms with Crippen molar-refractivity contribution in [3.63, 3.8) is 0 Å². The van der Waals surface area contributed by atoms with Crippen LogP contribution in [-0.2, 0) is 22.5 Å². The molecule has 200 valence electrons. The van der Waals surface area contributed by atoms with Crippen molar-refractivity contribution < 1.29 is 19.2 Å². The first kappa shape index (κ1) is 27.1. The standard InChI is InChI=1S/C29H29N5O5/c1-3-39-29(36)31-26(17-21-9-5-4-6-10-21)28(35)32-30-18-25-20(2)33(27-12-8-7-11-24(25)27)19-22-13-15-23(16-14-22)34(37)38/h4-16,18,26H,3,17,19H2,1-2H3,(H,31,36)(H,32,35)/b30-18-/t26-/m1/s1. The van der Waals surface area contributed by atoms with Crippen LogP contribution in [0.15, 0.2) is 84.0 Å². The van der Waals surface area contributed by atoms with Crippen LogP contribution in [0, 0.1) is 17.0 Å². The molecule has 0 saturated carbocycles. The van der Waals surface area contributed by atoms with Crippen molar-refractivity contribution in [3.05, 3.63) is 111 Å². The second-order valence-corrected chi connectivity index (χ2v) is 8.87. The number of carbonyl (C=O) groups is 2. The van der Waals surface area contributed by atoms with E-state index in [2.05, 4.69) is 20.4 Å². The van der Waals surface area contributed by atoms with Crippen molar-refractivity contribution >= 4 is 34.8 Å². The normalized spacial score (nSPS) is 11.8. The first-order valence-corrected chi connectivity index (χ1v) is 12.5. The number of ether oxygens (including phenoxy) is 1. The summed E-state index contributed by atoms with van der Waals surface area (Å²) in [6.07, 6.45) is 1.18. The first-order valence-electron chi connectivity index (χ1n) is 12.5. The fraction of sp³-hybridized carbons (Fsp3) is 0.207. The number of nitrogens with one attached hydrogen (secondary N) is 2. The molecule has 0 aliphatic rings. The number of amides is 2. The Morgan fingerprint density at radius 2 is 1.72 bits per heavy atom. The van der Waals surface area contributed by atoms with Crippen LogP contribution in [0.25, 0.3) is 10.9 Å². The summed E-state index contributed by atoms with van der Waals surface area (Å²) in [6, 6.07) is 22.8. The van der Waals surface area contributed by atoms with Gasteiger partial charge in [-0.15, -0.1) is 0 Å². The SMILES string of the molecule is CCOC(=O)N[C@H](Cc1ccccc1)C(=O)N/N=C\c1c(C)n(Cc2ccc([N+](=O)[O-])cc2)c2ccccc12. The summed E-state index contributed by atoms with van der Waals surface area (Å²) in [6.45, 7) is 4.34. The lowest BCUT2D eigenvalue weighted by Gasteiger charge is -2.16. The zero-order valence-corrected chi connectivity index (χ0v) is 21.7. The maximum atomic E-state index is 13.0. The maximum Gasteiger partial charge on any atom is 0.407 e.